The van der Waals surface area contributed by atoms with Gasteiger partial charge in [-0.3, -0.25) is 0 Å². The average molecular weight is 481 g/mol. The van der Waals surface area contributed by atoms with E-state index in [2.05, 4.69) is 20.6 Å². The van der Waals surface area contributed by atoms with Crippen molar-refractivity contribution < 1.29 is 41.7 Å². The minimum Gasteiger partial charge on any atom is -0.460 e. The van der Waals surface area contributed by atoms with Gasteiger partial charge in [-0.05, 0) is 24.6 Å². The third kappa shape index (κ3) is 3.85. The molecule has 0 N–H and O–H groups in total. The molecule has 172 valence electrons. The number of nitrogens with zero attached hydrogens (tertiary/aromatic N) is 3. The third-order valence-corrected chi connectivity index (χ3v) is 5.97. The van der Waals surface area contributed by atoms with Crippen molar-refractivity contribution in [3.05, 3.63) is 35.4 Å². The van der Waals surface area contributed by atoms with Gasteiger partial charge in [0, 0.05) is 24.6 Å². The van der Waals surface area contributed by atoms with Crippen LogP contribution in [0.5, 0.6) is 11.8 Å². The van der Waals surface area contributed by atoms with E-state index in [0.717, 1.165) is 30.3 Å². The minimum atomic E-state index is -4.46. The molecule has 1 aromatic heterocycles. The molecule has 1 aromatic carbocycles. The monoisotopic (exact) mass is 481 g/mol. The van der Waals surface area contributed by atoms with Gasteiger partial charge in [-0.2, -0.15) is 13.2 Å². The summed E-state index contributed by atoms with van der Waals surface area (Å²) in [5, 5.41) is 0. The van der Waals surface area contributed by atoms with Gasteiger partial charge in [0.2, 0.25) is 0 Å². The van der Waals surface area contributed by atoms with Crippen LogP contribution < -0.4 is 9.47 Å². The van der Waals surface area contributed by atoms with Crippen molar-refractivity contribution in [1.29, 1.82) is 0 Å². The standard InChI is InChI=1S/C20H14F3N3O6S/c21-19(22,23)13-5-1-3-11(9-13)4-2-8-29-15-16(25-33-24-15)30-14-12-6-7-26(10-12)20(14)31-17(27)18(28)32-20/h1,3,5,9,12,14H,6-8,10H2. The lowest BCUT2D eigenvalue weighted by Crippen LogP contribution is -2.57. The zero-order valence-corrected chi connectivity index (χ0v) is 17.4. The first kappa shape index (κ1) is 21.5. The summed E-state index contributed by atoms with van der Waals surface area (Å²) in [6.07, 6.45) is -4.52. The number of aromatic nitrogens is 2. The molecule has 33 heavy (non-hydrogen) atoms. The van der Waals surface area contributed by atoms with Crippen molar-refractivity contribution in [2.75, 3.05) is 19.7 Å². The van der Waals surface area contributed by atoms with Crippen LogP contribution in [0.1, 0.15) is 17.5 Å². The van der Waals surface area contributed by atoms with Gasteiger partial charge in [-0.15, -0.1) is 8.75 Å². The Morgan fingerprint density at radius 2 is 1.97 bits per heavy atom. The number of benzene rings is 1. The molecule has 0 saturated carbocycles. The summed E-state index contributed by atoms with van der Waals surface area (Å²) in [7, 11) is 0. The fourth-order valence-electron chi connectivity index (χ4n) is 4.05. The van der Waals surface area contributed by atoms with Gasteiger partial charge in [0.1, 0.15) is 0 Å². The third-order valence-electron chi connectivity index (χ3n) is 5.47. The zero-order chi connectivity index (χ0) is 23.2. The number of fused-ring (bicyclic) bond motifs is 3. The van der Waals surface area contributed by atoms with Crippen molar-refractivity contribution in [3.63, 3.8) is 0 Å². The first-order valence-electron chi connectivity index (χ1n) is 9.76. The highest BCUT2D eigenvalue weighted by Gasteiger charge is 2.69. The number of carbonyl (C=O) groups is 2. The molecule has 9 nitrogen and oxygen atoms in total. The van der Waals surface area contributed by atoms with E-state index in [1.165, 1.54) is 12.1 Å². The summed E-state index contributed by atoms with van der Waals surface area (Å²) in [4.78, 5) is 25.1. The first-order chi connectivity index (χ1) is 15.8. The number of carbonyl (C=O) groups excluding carboxylic acids is 2. The number of piperidine rings is 1. The lowest BCUT2D eigenvalue weighted by atomic mass is 9.99. The number of ether oxygens (including phenoxy) is 4. The molecule has 3 fully saturated rings. The highest BCUT2D eigenvalue weighted by atomic mass is 32.1. The fraction of sp³-hybridized carbons (Fsp3) is 0.400. The van der Waals surface area contributed by atoms with E-state index in [-0.39, 0.29) is 29.8 Å². The van der Waals surface area contributed by atoms with Gasteiger partial charge in [0.05, 0.1) is 17.3 Å². The molecule has 0 amide bonds. The molecule has 3 unspecified atom stereocenters. The highest BCUT2D eigenvalue weighted by molar-refractivity contribution is 6.99. The van der Waals surface area contributed by atoms with Crippen molar-refractivity contribution in [1.82, 2.24) is 13.6 Å². The van der Waals surface area contributed by atoms with Gasteiger partial charge >= 0.3 is 24.0 Å². The first-order valence-corrected chi connectivity index (χ1v) is 10.5. The molecule has 13 heteroatoms. The van der Waals surface area contributed by atoms with E-state index < -0.39 is 35.7 Å². The van der Waals surface area contributed by atoms with Crippen LogP contribution >= 0.6 is 11.7 Å². The Hall–Kier alpha value is -3.37. The van der Waals surface area contributed by atoms with E-state index in [4.69, 9.17) is 18.9 Å². The number of esters is 2. The van der Waals surface area contributed by atoms with Crippen molar-refractivity contribution in [3.8, 4) is 23.6 Å². The van der Waals surface area contributed by atoms with Crippen LogP contribution in [0.2, 0.25) is 0 Å². The lowest BCUT2D eigenvalue weighted by Gasteiger charge is -2.36. The molecular weight excluding hydrogens is 467 g/mol. The second-order valence-electron chi connectivity index (χ2n) is 7.49. The van der Waals surface area contributed by atoms with Crippen LogP contribution in [0, 0.1) is 17.8 Å². The van der Waals surface area contributed by atoms with Gasteiger partial charge in [0.25, 0.3) is 11.8 Å². The molecular formula is C20H14F3N3O6S. The molecule has 4 heterocycles. The maximum absolute atomic E-state index is 12.8. The Labute approximate surface area is 188 Å². The van der Waals surface area contributed by atoms with Crippen LogP contribution in [0.15, 0.2) is 24.3 Å². The largest absolute Gasteiger partial charge is 0.460 e. The molecule has 3 aliphatic rings. The molecule has 3 saturated heterocycles. The summed E-state index contributed by atoms with van der Waals surface area (Å²) < 4.78 is 68.3. The van der Waals surface area contributed by atoms with Crippen molar-refractivity contribution in [2.45, 2.75) is 24.6 Å². The average Bonchev–Trinajstić information content (AvgIpc) is 3.53. The minimum absolute atomic E-state index is 0.0120. The number of halogens is 3. The normalized spacial score (nSPS) is 24.9. The second-order valence-corrected chi connectivity index (χ2v) is 8.01. The Morgan fingerprint density at radius 1 is 1.21 bits per heavy atom. The summed E-state index contributed by atoms with van der Waals surface area (Å²) >= 11 is 0.808. The molecule has 3 aliphatic heterocycles. The zero-order valence-electron chi connectivity index (χ0n) is 16.6. The van der Waals surface area contributed by atoms with Crippen LogP contribution in [-0.2, 0) is 25.2 Å². The van der Waals surface area contributed by atoms with Gasteiger partial charge in [-0.25, -0.2) is 14.5 Å². The maximum Gasteiger partial charge on any atom is 0.422 e. The van der Waals surface area contributed by atoms with Crippen LogP contribution in [-0.4, -0.2) is 57.3 Å². The Kier molecular flexibility index (Phi) is 5.13. The number of alkyl halides is 3. The van der Waals surface area contributed by atoms with Gasteiger partial charge in [-0.1, -0.05) is 17.9 Å². The summed E-state index contributed by atoms with van der Waals surface area (Å²) in [6, 6.07) is 4.63. The van der Waals surface area contributed by atoms with Gasteiger partial charge in [0.15, 0.2) is 12.7 Å². The van der Waals surface area contributed by atoms with Crippen molar-refractivity contribution >= 4 is 23.7 Å². The van der Waals surface area contributed by atoms with E-state index >= 15 is 0 Å². The van der Waals surface area contributed by atoms with Crippen LogP contribution in [0.3, 0.4) is 0 Å². The lowest BCUT2D eigenvalue weighted by molar-refractivity contribution is -0.273. The van der Waals surface area contributed by atoms with Crippen molar-refractivity contribution in [2.24, 2.45) is 5.92 Å². The topological polar surface area (TPSA) is 100 Å². The molecule has 1 spiro atoms. The predicted molar refractivity (Wildman–Crippen MR) is 103 cm³/mol. The van der Waals surface area contributed by atoms with Crippen LogP contribution in [0.25, 0.3) is 0 Å². The Morgan fingerprint density at radius 3 is 2.73 bits per heavy atom. The number of rotatable bonds is 4. The molecule has 3 atom stereocenters. The molecule has 5 rings (SSSR count). The smallest absolute Gasteiger partial charge is 0.422 e. The number of hydrogen-bond donors (Lipinski definition) is 0. The molecule has 0 aliphatic carbocycles. The molecule has 2 aromatic rings. The van der Waals surface area contributed by atoms with Gasteiger partial charge < -0.3 is 18.9 Å². The van der Waals surface area contributed by atoms with E-state index in [0.29, 0.717) is 13.1 Å². The SMILES string of the molecule is O=C1OC2(OC1=O)C(Oc1nsnc1OCC#Cc1cccc(C(F)(F)F)c1)C1CCN2C1. The predicted octanol–water partition coefficient (Wildman–Crippen LogP) is 1.82. The molecule has 2 bridgehead atoms. The number of hydrogen-bond acceptors (Lipinski definition) is 10. The van der Waals surface area contributed by atoms with Crippen LogP contribution in [0.4, 0.5) is 13.2 Å². The summed E-state index contributed by atoms with van der Waals surface area (Å²) in [6.45, 7) is 0.906. The van der Waals surface area contributed by atoms with E-state index in [9.17, 15) is 22.8 Å². The maximum atomic E-state index is 12.8. The molecule has 0 radical (unpaired) electrons. The summed E-state index contributed by atoms with van der Waals surface area (Å²) in [5.74, 6) is 1.36. The Balaban J connectivity index is 1.26. The van der Waals surface area contributed by atoms with E-state index in [1.54, 1.807) is 4.90 Å². The second kappa shape index (κ2) is 7.89. The fourth-order valence-corrected chi connectivity index (χ4v) is 4.49. The highest BCUT2D eigenvalue weighted by Crippen LogP contribution is 2.47. The Bertz CT molecular complexity index is 1160. The summed E-state index contributed by atoms with van der Waals surface area (Å²) in [5.41, 5.74) is -0.609. The quantitative estimate of drug-likeness (QED) is 0.368. The van der Waals surface area contributed by atoms with E-state index in [1.807, 2.05) is 0 Å².